The van der Waals surface area contributed by atoms with Crippen LogP contribution in [0, 0.1) is 0 Å². The number of carbonyl (C=O) groups excluding carboxylic acids is 1. The zero-order valence-electron chi connectivity index (χ0n) is 7.20. The number of alkyl halides is 1. The van der Waals surface area contributed by atoms with Crippen molar-refractivity contribution in [2.45, 2.75) is 0 Å². The number of H-pyrrole nitrogens is 1. The summed E-state index contributed by atoms with van der Waals surface area (Å²) in [6.45, 7) is 0.491. The number of rotatable bonds is 5. The molecule has 76 valence electrons. The molecule has 0 atom stereocenters. The quantitative estimate of drug-likeness (QED) is 0.286. The first-order valence-electron chi connectivity index (χ1n) is 3.78. The van der Waals surface area contributed by atoms with E-state index in [1.807, 2.05) is 0 Å². The number of hydrogen-bond acceptors (Lipinski definition) is 4. The Balaban J connectivity index is 2.62. The lowest BCUT2D eigenvalue weighted by Gasteiger charge is -1.92. The lowest BCUT2D eigenvalue weighted by Crippen LogP contribution is -2.11. The summed E-state index contributed by atoms with van der Waals surface area (Å²) >= 11 is 5.39. The van der Waals surface area contributed by atoms with Gasteiger partial charge in [-0.1, -0.05) is 5.22 Å². The van der Waals surface area contributed by atoms with Crippen LogP contribution in [0.1, 0.15) is 10.5 Å². The molecule has 1 aromatic heterocycles. The molecule has 0 aromatic carbocycles. The maximum Gasteiger partial charge on any atom is 0.271 e. The van der Waals surface area contributed by atoms with Crippen molar-refractivity contribution in [3.05, 3.63) is 12.0 Å². The number of nitrogens with two attached hydrogens (primary N) is 1. The number of primary amides is 1. The maximum atomic E-state index is 10.8. The highest BCUT2D eigenvalue weighted by Gasteiger charge is 2.09. The Hall–Kier alpha value is -1.63. The Morgan fingerprint density at radius 3 is 3.21 bits per heavy atom. The number of carbonyl (C=O) groups is 1. The van der Waals surface area contributed by atoms with E-state index in [-0.39, 0.29) is 11.5 Å². The molecular formula is C6H9ClN6O. The van der Waals surface area contributed by atoms with Gasteiger partial charge in [-0.25, -0.2) is 4.98 Å². The highest BCUT2D eigenvalue weighted by molar-refractivity contribution is 6.18. The summed E-state index contributed by atoms with van der Waals surface area (Å²) < 4.78 is 0. The predicted octanol–water partition coefficient (Wildman–Crippen LogP) is 0.336. The lowest BCUT2D eigenvalue weighted by atomic mass is 10.4. The molecule has 0 radical (unpaired) electrons. The van der Waals surface area contributed by atoms with Crippen LogP contribution in [0.3, 0.4) is 0 Å². The molecule has 7 nitrogen and oxygen atoms in total. The fraction of sp³-hybridized carbons (Fsp3) is 0.333. The minimum Gasteiger partial charge on any atom is -0.364 e. The Labute approximate surface area is 84.7 Å². The fourth-order valence-corrected chi connectivity index (χ4v) is 0.806. The zero-order chi connectivity index (χ0) is 10.4. The normalized spacial score (nSPS) is 10.6. The number of aromatic nitrogens is 2. The van der Waals surface area contributed by atoms with E-state index in [0.717, 1.165) is 0 Å². The highest BCUT2D eigenvalue weighted by atomic mass is 35.5. The first-order chi connectivity index (χ1) is 6.75. The van der Waals surface area contributed by atoms with Gasteiger partial charge in [-0.05, 0) is 0 Å². The molecule has 4 N–H and O–H groups in total. The van der Waals surface area contributed by atoms with Crippen molar-refractivity contribution < 1.29 is 4.79 Å². The van der Waals surface area contributed by atoms with Gasteiger partial charge >= 0.3 is 0 Å². The summed E-state index contributed by atoms with van der Waals surface area (Å²) in [6, 6.07) is 0. The van der Waals surface area contributed by atoms with E-state index in [2.05, 4.69) is 25.7 Å². The van der Waals surface area contributed by atoms with Crippen molar-refractivity contribution in [3.63, 3.8) is 0 Å². The molecule has 0 spiro atoms. The van der Waals surface area contributed by atoms with Gasteiger partial charge in [0.15, 0.2) is 11.5 Å². The van der Waals surface area contributed by atoms with Crippen LogP contribution in [-0.4, -0.2) is 28.3 Å². The molecule has 1 heterocycles. The third kappa shape index (κ3) is 2.70. The third-order valence-electron chi connectivity index (χ3n) is 1.28. The average Bonchev–Trinajstić information content (AvgIpc) is 2.60. The van der Waals surface area contributed by atoms with Crippen LogP contribution >= 0.6 is 11.6 Å². The summed E-state index contributed by atoms with van der Waals surface area (Å²) in [4.78, 5) is 17.1. The average molecular weight is 217 g/mol. The molecule has 1 rings (SSSR count). The van der Waals surface area contributed by atoms with E-state index in [4.69, 9.17) is 17.3 Å². The van der Waals surface area contributed by atoms with Crippen molar-refractivity contribution in [2.24, 2.45) is 16.1 Å². The van der Waals surface area contributed by atoms with Crippen molar-refractivity contribution in [1.82, 2.24) is 15.4 Å². The second kappa shape index (κ2) is 5.18. The second-order valence-electron chi connectivity index (χ2n) is 2.26. The third-order valence-corrected chi connectivity index (χ3v) is 1.47. The summed E-state index contributed by atoms with van der Waals surface area (Å²) in [5.41, 5.74) is 7.65. The van der Waals surface area contributed by atoms with E-state index in [0.29, 0.717) is 12.4 Å². The minimum atomic E-state index is -0.655. The van der Waals surface area contributed by atoms with Gasteiger partial charge in [0.1, 0.15) is 0 Å². The smallest absolute Gasteiger partial charge is 0.271 e. The molecule has 0 saturated heterocycles. The van der Waals surface area contributed by atoms with Gasteiger partial charge in [-0.3, -0.25) is 10.2 Å². The molecule has 14 heavy (non-hydrogen) atoms. The van der Waals surface area contributed by atoms with Gasteiger partial charge in [0.25, 0.3) is 5.91 Å². The van der Waals surface area contributed by atoms with E-state index in [1.54, 1.807) is 0 Å². The van der Waals surface area contributed by atoms with Crippen molar-refractivity contribution >= 4 is 23.3 Å². The van der Waals surface area contributed by atoms with Crippen LogP contribution in [0.25, 0.3) is 0 Å². The van der Waals surface area contributed by atoms with Crippen molar-refractivity contribution in [2.75, 3.05) is 12.4 Å². The molecular weight excluding hydrogens is 208 g/mol. The second-order valence-corrected chi connectivity index (χ2v) is 2.64. The molecule has 0 bridgehead atoms. The SMILES string of the molecule is NC(=O)c1nc[nH]c1/N=N/NCCCl. The summed E-state index contributed by atoms with van der Waals surface area (Å²) in [7, 11) is 0. The number of imidazole rings is 1. The molecule has 0 fully saturated rings. The van der Waals surface area contributed by atoms with Gasteiger partial charge < -0.3 is 10.7 Å². The molecule has 0 unspecified atom stereocenters. The maximum absolute atomic E-state index is 10.8. The van der Waals surface area contributed by atoms with E-state index >= 15 is 0 Å². The molecule has 1 aromatic rings. The first-order valence-corrected chi connectivity index (χ1v) is 4.32. The number of amides is 1. The Kier molecular flexibility index (Phi) is 3.86. The van der Waals surface area contributed by atoms with Crippen LogP contribution < -0.4 is 11.2 Å². The van der Waals surface area contributed by atoms with E-state index in [9.17, 15) is 4.79 Å². The van der Waals surface area contributed by atoms with Gasteiger partial charge in [-0.15, -0.1) is 16.7 Å². The van der Waals surface area contributed by atoms with Gasteiger partial charge in [-0.2, -0.15) is 0 Å². The van der Waals surface area contributed by atoms with Crippen molar-refractivity contribution in [1.29, 1.82) is 0 Å². The summed E-state index contributed by atoms with van der Waals surface area (Å²) in [6.07, 6.45) is 1.32. The standard InChI is InChI=1S/C6H9ClN6O/c7-1-2-11-13-12-6-4(5(8)14)9-3-10-6/h3H,1-2H2,(H2,8,14)(H,9,10)(H,11,12). The van der Waals surface area contributed by atoms with Crippen LogP contribution in [0.15, 0.2) is 16.7 Å². The number of nitrogens with zero attached hydrogens (tertiary/aromatic N) is 3. The van der Waals surface area contributed by atoms with Crippen LogP contribution in [0.2, 0.25) is 0 Å². The fourth-order valence-electron chi connectivity index (χ4n) is 0.722. The van der Waals surface area contributed by atoms with Crippen LogP contribution in [0.4, 0.5) is 5.82 Å². The van der Waals surface area contributed by atoms with E-state index in [1.165, 1.54) is 6.33 Å². The summed E-state index contributed by atoms with van der Waals surface area (Å²) in [5.74, 6) is -0.0119. The van der Waals surface area contributed by atoms with E-state index < -0.39 is 5.91 Å². The number of nitrogens with one attached hydrogen (secondary N) is 2. The Morgan fingerprint density at radius 1 is 1.79 bits per heavy atom. The monoisotopic (exact) mass is 216 g/mol. The Bertz CT molecular complexity index is 335. The Morgan fingerprint density at radius 2 is 2.57 bits per heavy atom. The van der Waals surface area contributed by atoms with Crippen molar-refractivity contribution in [3.8, 4) is 0 Å². The number of halogens is 1. The lowest BCUT2D eigenvalue weighted by molar-refractivity contribution is 0.0996. The molecule has 0 aliphatic rings. The number of hydrogen-bond donors (Lipinski definition) is 3. The van der Waals surface area contributed by atoms with Crippen LogP contribution in [0.5, 0.6) is 0 Å². The van der Waals surface area contributed by atoms with Gasteiger partial charge in [0.2, 0.25) is 0 Å². The number of aromatic amines is 1. The zero-order valence-corrected chi connectivity index (χ0v) is 7.95. The largest absolute Gasteiger partial charge is 0.364 e. The van der Waals surface area contributed by atoms with Gasteiger partial charge in [0, 0.05) is 12.4 Å². The van der Waals surface area contributed by atoms with Crippen LogP contribution in [-0.2, 0) is 0 Å². The molecule has 0 aliphatic heterocycles. The first kappa shape index (κ1) is 10.5. The molecule has 0 aliphatic carbocycles. The highest BCUT2D eigenvalue weighted by Crippen LogP contribution is 2.12. The molecule has 8 heteroatoms. The predicted molar refractivity (Wildman–Crippen MR) is 50.3 cm³/mol. The molecule has 0 saturated carbocycles. The summed E-state index contributed by atoms with van der Waals surface area (Å²) in [5, 5.41) is 7.22. The van der Waals surface area contributed by atoms with Gasteiger partial charge in [0.05, 0.1) is 6.33 Å². The minimum absolute atomic E-state index is 0.0569. The topological polar surface area (TPSA) is 109 Å². The molecule has 1 amide bonds.